The summed E-state index contributed by atoms with van der Waals surface area (Å²) in [6, 6.07) is -0.636. The van der Waals surface area contributed by atoms with Crippen molar-refractivity contribution in [1.82, 2.24) is 5.32 Å². The Morgan fingerprint density at radius 2 is 0.721 bits per heavy atom. The molecule has 0 bridgehead atoms. The van der Waals surface area contributed by atoms with Gasteiger partial charge in [0.2, 0.25) is 5.91 Å². The molecule has 3 N–H and O–H groups in total. The first-order valence-electron chi connectivity index (χ1n) is 30.3. The standard InChI is InChI=1S/C62H117NO5/c1-3-5-7-9-11-13-15-17-18-19-21-24-27-31-34-38-42-46-50-54-60(65)59(58-64)63-61(66)55-51-47-43-39-35-32-28-25-22-20-23-26-29-33-37-41-45-49-53-57-68-62(67)56-52-48-44-40-36-30-16-14-12-10-8-6-4-2/h26,29,33,37,50,54,59-60,64-65H,3-25,27-28,30-32,34-36,38-49,51-53,55-58H2,1-2H3,(H,63,66)/b29-26-,37-33-,54-50+. The summed E-state index contributed by atoms with van der Waals surface area (Å²) < 4.78 is 5.45. The van der Waals surface area contributed by atoms with Gasteiger partial charge in [0.05, 0.1) is 25.4 Å². The Morgan fingerprint density at radius 1 is 0.412 bits per heavy atom. The van der Waals surface area contributed by atoms with E-state index in [2.05, 4.69) is 43.5 Å². The molecule has 6 nitrogen and oxygen atoms in total. The second-order valence-electron chi connectivity index (χ2n) is 20.7. The number of hydrogen-bond donors (Lipinski definition) is 3. The third-order valence-electron chi connectivity index (χ3n) is 13.9. The third-order valence-corrected chi connectivity index (χ3v) is 13.9. The normalized spacial score (nSPS) is 12.8. The average molecular weight is 957 g/mol. The van der Waals surface area contributed by atoms with Gasteiger partial charge in [0, 0.05) is 12.8 Å². The number of ether oxygens (including phenoxy) is 1. The number of aliphatic hydroxyl groups is 2. The van der Waals surface area contributed by atoms with Crippen LogP contribution in [0.25, 0.3) is 0 Å². The Morgan fingerprint density at radius 3 is 1.09 bits per heavy atom. The SMILES string of the molecule is CCCCCCCCCCCCCCCCCCC/C=C/C(O)C(CO)NC(=O)CCCCCCCCCCCC/C=C\C=C/CCCCCOC(=O)CCCCCCCCCCCCCCC. The molecule has 0 saturated carbocycles. The number of esters is 1. The zero-order valence-electron chi connectivity index (χ0n) is 45.6. The number of carbonyl (C=O) groups is 2. The molecule has 400 valence electrons. The van der Waals surface area contributed by atoms with Crippen LogP contribution in [0.3, 0.4) is 0 Å². The fourth-order valence-corrected chi connectivity index (χ4v) is 9.27. The van der Waals surface area contributed by atoms with Crippen molar-refractivity contribution in [3.63, 3.8) is 0 Å². The first-order valence-corrected chi connectivity index (χ1v) is 30.3. The van der Waals surface area contributed by atoms with Gasteiger partial charge in [-0.25, -0.2) is 0 Å². The summed E-state index contributed by atoms with van der Waals surface area (Å²) >= 11 is 0. The average Bonchev–Trinajstić information content (AvgIpc) is 3.34. The molecule has 0 rings (SSSR count). The molecular formula is C62H117NO5. The van der Waals surface area contributed by atoms with Gasteiger partial charge >= 0.3 is 5.97 Å². The van der Waals surface area contributed by atoms with E-state index in [9.17, 15) is 19.8 Å². The van der Waals surface area contributed by atoms with Crippen LogP contribution in [-0.2, 0) is 14.3 Å². The highest BCUT2D eigenvalue weighted by Crippen LogP contribution is 2.17. The van der Waals surface area contributed by atoms with Gasteiger partial charge in [-0.3, -0.25) is 9.59 Å². The summed E-state index contributed by atoms with van der Waals surface area (Å²) in [4.78, 5) is 24.5. The van der Waals surface area contributed by atoms with E-state index in [-0.39, 0.29) is 18.5 Å². The van der Waals surface area contributed by atoms with Crippen LogP contribution in [0.5, 0.6) is 0 Å². The van der Waals surface area contributed by atoms with Crippen LogP contribution in [-0.4, -0.2) is 47.4 Å². The molecule has 68 heavy (non-hydrogen) atoms. The lowest BCUT2D eigenvalue weighted by atomic mass is 10.0. The first kappa shape index (κ1) is 66.1. The van der Waals surface area contributed by atoms with E-state index in [0.29, 0.717) is 19.4 Å². The van der Waals surface area contributed by atoms with E-state index in [4.69, 9.17) is 4.74 Å². The fraction of sp³-hybridized carbons (Fsp3) is 0.871. The number of nitrogens with one attached hydrogen (secondary N) is 1. The third kappa shape index (κ3) is 53.4. The van der Waals surface area contributed by atoms with E-state index in [1.807, 2.05) is 6.08 Å². The van der Waals surface area contributed by atoms with Crippen LogP contribution in [0.1, 0.15) is 322 Å². The molecule has 2 unspecified atom stereocenters. The highest BCUT2D eigenvalue weighted by molar-refractivity contribution is 5.76. The van der Waals surface area contributed by atoms with Gasteiger partial charge in [-0.2, -0.15) is 0 Å². The summed E-state index contributed by atoms with van der Waals surface area (Å²) in [5.74, 6) is -0.0884. The summed E-state index contributed by atoms with van der Waals surface area (Å²) in [5, 5.41) is 23.2. The Kier molecular flexibility index (Phi) is 56.0. The van der Waals surface area contributed by atoms with Gasteiger partial charge < -0.3 is 20.3 Å². The first-order chi connectivity index (χ1) is 33.5. The molecule has 2 atom stereocenters. The fourth-order valence-electron chi connectivity index (χ4n) is 9.27. The van der Waals surface area contributed by atoms with E-state index in [1.165, 1.54) is 218 Å². The maximum atomic E-state index is 12.5. The molecule has 0 aromatic carbocycles. The minimum atomic E-state index is -0.852. The van der Waals surface area contributed by atoms with Gasteiger partial charge in [0.15, 0.2) is 0 Å². The van der Waals surface area contributed by atoms with Crippen molar-refractivity contribution in [2.75, 3.05) is 13.2 Å². The van der Waals surface area contributed by atoms with Crippen LogP contribution in [0.4, 0.5) is 0 Å². The highest BCUT2D eigenvalue weighted by Gasteiger charge is 2.18. The molecule has 1 amide bonds. The molecule has 6 heteroatoms. The number of aliphatic hydroxyl groups excluding tert-OH is 2. The molecule has 0 fully saturated rings. The van der Waals surface area contributed by atoms with Gasteiger partial charge in [-0.1, -0.05) is 281 Å². The predicted octanol–water partition coefficient (Wildman–Crippen LogP) is 18.8. The lowest BCUT2D eigenvalue weighted by molar-refractivity contribution is -0.143. The zero-order chi connectivity index (χ0) is 49.3. The topological polar surface area (TPSA) is 95.9 Å². The van der Waals surface area contributed by atoms with E-state index in [0.717, 1.165) is 77.0 Å². The second-order valence-corrected chi connectivity index (χ2v) is 20.7. The van der Waals surface area contributed by atoms with Crippen LogP contribution in [0, 0.1) is 0 Å². The van der Waals surface area contributed by atoms with Crippen molar-refractivity contribution < 1.29 is 24.5 Å². The molecule has 0 aliphatic rings. The van der Waals surface area contributed by atoms with Gasteiger partial charge in [-0.15, -0.1) is 0 Å². The molecule has 0 aliphatic heterocycles. The van der Waals surface area contributed by atoms with Crippen molar-refractivity contribution in [3.8, 4) is 0 Å². The number of carbonyl (C=O) groups excluding carboxylic acids is 2. The van der Waals surface area contributed by atoms with Gasteiger partial charge in [0.1, 0.15) is 0 Å². The molecular weight excluding hydrogens is 839 g/mol. The minimum Gasteiger partial charge on any atom is -0.466 e. The van der Waals surface area contributed by atoms with Crippen molar-refractivity contribution in [1.29, 1.82) is 0 Å². The van der Waals surface area contributed by atoms with Crippen LogP contribution in [0.15, 0.2) is 36.5 Å². The van der Waals surface area contributed by atoms with Crippen LogP contribution < -0.4 is 5.32 Å². The second kappa shape index (κ2) is 57.7. The van der Waals surface area contributed by atoms with Crippen molar-refractivity contribution in [2.24, 2.45) is 0 Å². The number of rotatable bonds is 56. The summed E-state index contributed by atoms with van der Waals surface area (Å²) in [7, 11) is 0. The van der Waals surface area contributed by atoms with Gasteiger partial charge in [0.25, 0.3) is 0 Å². The van der Waals surface area contributed by atoms with Crippen LogP contribution >= 0.6 is 0 Å². The number of unbranched alkanes of at least 4 members (excludes halogenated alkanes) is 42. The molecule has 0 heterocycles. The van der Waals surface area contributed by atoms with E-state index in [1.54, 1.807) is 6.08 Å². The van der Waals surface area contributed by atoms with Gasteiger partial charge in [-0.05, 0) is 64.2 Å². The smallest absolute Gasteiger partial charge is 0.305 e. The number of amides is 1. The highest BCUT2D eigenvalue weighted by atomic mass is 16.5. The lowest BCUT2D eigenvalue weighted by Gasteiger charge is -2.20. The van der Waals surface area contributed by atoms with E-state index >= 15 is 0 Å². The maximum Gasteiger partial charge on any atom is 0.305 e. The molecule has 0 radical (unpaired) electrons. The summed E-state index contributed by atoms with van der Waals surface area (Å²) in [5.41, 5.74) is 0. The quantitative estimate of drug-likeness (QED) is 0.0244. The predicted molar refractivity (Wildman–Crippen MR) is 296 cm³/mol. The number of hydrogen-bond acceptors (Lipinski definition) is 5. The van der Waals surface area contributed by atoms with E-state index < -0.39 is 12.1 Å². The Hall–Kier alpha value is -1.92. The maximum absolute atomic E-state index is 12.5. The molecule has 0 saturated heterocycles. The van der Waals surface area contributed by atoms with Crippen molar-refractivity contribution in [2.45, 2.75) is 334 Å². The summed E-state index contributed by atoms with van der Waals surface area (Å²) in [6.45, 7) is 4.88. The zero-order valence-corrected chi connectivity index (χ0v) is 45.6. The largest absolute Gasteiger partial charge is 0.466 e. The van der Waals surface area contributed by atoms with Crippen molar-refractivity contribution in [3.05, 3.63) is 36.5 Å². The molecule has 0 aromatic heterocycles. The Balaban J connectivity index is 3.51. The molecule has 0 aliphatic carbocycles. The van der Waals surface area contributed by atoms with Crippen molar-refractivity contribution >= 4 is 11.9 Å². The summed E-state index contributed by atoms with van der Waals surface area (Å²) in [6.07, 6.45) is 71.7. The monoisotopic (exact) mass is 956 g/mol. The minimum absolute atomic E-state index is 0.0125. The molecule has 0 spiro atoms. The Labute approximate surface area is 424 Å². The lowest BCUT2D eigenvalue weighted by Crippen LogP contribution is -2.45. The van der Waals surface area contributed by atoms with Crippen LogP contribution in [0.2, 0.25) is 0 Å². The molecule has 0 aromatic rings. The number of allylic oxidation sites excluding steroid dienone is 5. The Bertz CT molecular complexity index is 1100.